The van der Waals surface area contributed by atoms with Crippen LogP contribution in [0.5, 0.6) is 0 Å². The Balaban J connectivity index is 2.86. The van der Waals surface area contributed by atoms with Gasteiger partial charge in [0, 0.05) is 24.8 Å². The van der Waals surface area contributed by atoms with E-state index in [1.165, 1.54) is 6.20 Å². The van der Waals surface area contributed by atoms with E-state index < -0.39 is 12.7 Å². The number of nitrogens with zero attached hydrogens (tertiary/aromatic N) is 2. The summed E-state index contributed by atoms with van der Waals surface area (Å²) in [6.07, 6.45) is -2.88. The number of hydrogen-bond acceptors (Lipinski definition) is 4. The fourth-order valence-electron chi connectivity index (χ4n) is 1.95. The van der Waals surface area contributed by atoms with Gasteiger partial charge >= 0.3 is 6.18 Å². The number of aromatic nitrogens is 1. The highest BCUT2D eigenvalue weighted by atomic mass is 19.4. The van der Waals surface area contributed by atoms with Crippen molar-refractivity contribution >= 4 is 5.82 Å². The van der Waals surface area contributed by atoms with Gasteiger partial charge in [0.2, 0.25) is 0 Å². The third-order valence-electron chi connectivity index (χ3n) is 2.78. The first-order valence-electron chi connectivity index (χ1n) is 6.90. The van der Waals surface area contributed by atoms with Crippen LogP contribution in [0.25, 0.3) is 0 Å². The fourth-order valence-corrected chi connectivity index (χ4v) is 1.95. The molecule has 0 amide bonds. The van der Waals surface area contributed by atoms with E-state index in [0.29, 0.717) is 18.0 Å². The van der Waals surface area contributed by atoms with Crippen LogP contribution in [0, 0.1) is 5.92 Å². The molecule has 0 unspecified atom stereocenters. The Hall–Kier alpha value is -1.34. The summed E-state index contributed by atoms with van der Waals surface area (Å²) in [4.78, 5) is 5.12. The minimum atomic E-state index is -4.34. The van der Waals surface area contributed by atoms with Crippen molar-refractivity contribution in [3.8, 4) is 0 Å². The largest absolute Gasteiger partial charge is 0.405 e. The Labute approximate surface area is 123 Å². The lowest BCUT2D eigenvalue weighted by molar-refractivity contribution is -0.120. The average Bonchev–Trinajstić information content (AvgIpc) is 2.37. The zero-order valence-electron chi connectivity index (χ0n) is 12.3. The number of rotatable bonds is 8. The van der Waals surface area contributed by atoms with Crippen molar-refractivity contribution in [2.75, 3.05) is 31.1 Å². The van der Waals surface area contributed by atoms with Crippen LogP contribution in [-0.2, 0) is 6.54 Å². The second kappa shape index (κ2) is 8.19. The number of halogens is 3. The normalized spacial score (nSPS) is 12.0. The molecule has 1 aromatic heterocycles. The summed E-state index contributed by atoms with van der Waals surface area (Å²) in [6.45, 7) is 3.74. The molecule has 0 fully saturated rings. The minimum absolute atomic E-state index is 0.103. The summed E-state index contributed by atoms with van der Waals surface area (Å²) < 4.78 is 37.9. The zero-order chi connectivity index (χ0) is 15.9. The lowest BCUT2D eigenvalue weighted by Gasteiger charge is -2.26. The van der Waals surface area contributed by atoms with Crippen LogP contribution in [-0.4, -0.2) is 42.5 Å². The van der Waals surface area contributed by atoms with Crippen LogP contribution >= 0.6 is 0 Å². The Kier molecular flexibility index (Phi) is 6.91. The van der Waals surface area contributed by atoms with Gasteiger partial charge in [0.15, 0.2) is 0 Å². The topological polar surface area (TPSA) is 48.4 Å². The van der Waals surface area contributed by atoms with E-state index in [2.05, 4.69) is 24.1 Å². The molecule has 0 aliphatic rings. The number of aliphatic hydroxyl groups is 1. The summed E-state index contributed by atoms with van der Waals surface area (Å²) >= 11 is 0. The van der Waals surface area contributed by atoms with E-state index in [1.54, 1.807) is 12.1 Å². The third-order valence-corrected chi connectivity index (χ3v) is 2.78. The monoisotopic (exact) mass is 305 g/mol. The fraction of sp³-hybridized carbons (Fsp3) is 0.643. The summed E-state index contributed by atoms with van der Waals surface area (Å²) in [5.74, 6) is 0.717. The maximum Gasteiger partial charge on any atom is 0.405 e. The second-order valence-corrected chi connectivity index (χ2v) is 5.27. The smallest absolute Gasteiger partial charge is 0.395 e. The molecular formula is C14H22F3N3O. The molecule has 120 valence electrons. The Morgan fingerprint density at radius 2 is 2.10 bits per heavy atom. The van der Waals surface area contributed by atoms with Crippen molar-refractivity contribution in [1.29, 1.82) is 0 Å². The van der Waals surface area contributed by atoms with E-state index in [4.69, 9.17) is 5.11 Å². The first-order valence-corrected chi connectivity index (χ1v) is 6.90. The molecule has 1 aromatic rings. The number of hydrogen-bond donors (Lipinski definition) is 2. The highest BCUT2D eigenvalue weighted by Gasteiger charge is 2.31. The molecule has 0 aromatic carbocycles. The van der Waals surface area contributed by atoms with Crippen molar-refractivity contribution in [3.05, 3.63) is 23.9 Å². The minimum Gasteiger partial charge on any atom is -0.395 e. The number of alkyl halides is 3. The molecule has 0 radical (unpaired) electrons. The van der Waals surface area contributed by atoms with E-state index in [0.717, 1.165) is 11.4 Å². The lowest BCUT2D eigenvalue weighted by atomic mass is 10.2. The first-order chi connectivity index (χ1) is 9.83. The summed E-state index contributed by atoms with van der Waals surface area (Å²) in [7, 11) is 0. The average molecular weight is 305 g/mol. The standard InChI is InChI=1S/C14H22F3N3O/c1-11(2)8-18-9-12-4-3-5-19-13(12)20(6-7-21)10-14(15,16)17/h3-5,11,18,21H,6-10H2,1-2H3. The van der Waals surface area contributed by atoms with Gasteiger partial charge in [-0.2, -0.15) is 13.2 Å². The molecule has 0 aliphatic carbocycles. The molecule has 2 N–H and O–H groups in total. The SMILES string of the molecule is CC(C)CNCc1cccnc1N(CCO)CC(F)(F)F. The molecule has 1 heterocycles. The van der Waals surface area contributed by atoms with E-state index in [1.807, 2.05) is 0 Å². The van der Waals surface area contributed by atoms with E-state index in [-0.39, 0.29) is 19.0 Å². The molecule has 7 heteroatoms. The molecule has 0 atom stereocenters. The van der Waals surface area contributed by atoms with Gasteiger partial charge in [-0.05, 0) is 18.5 Å². The molecular weight excluding hydrogens is 283 g/mol. The second-order valence-electron chi connectivity index (χ2n) is 5.27. The highest BCUT2D eigenvalue weighted by molar-refractivity contribution is 5.47. The Bertz CT molecular complexity index is 424. The molecule has 0 bridgehead atoms. The molecule has 1 rings (SSSR count). The number of anilines is 1. The maximum atomic E-state index is 12.6. The van der Waals surface area contributed by atoms with Crippen LogP contribution < -0.4 is 10.2 Å². The van der Waals surface area contributed by atoms with Crippen LogP contribution in [0.1, 0.15) is 19.4 Å². The molecule has 0 saturated carbocycles. The van der Waals surface area contributed by atoms with Gasteiger partial charge < -0.3 is 15.3 Å². The van der Waals surface area contributed by atoms with E-state index in [9.17, 15) is 13.2 Å². The van der Waals surface area contributed by atoms with E-state index >= 15 is 0 Å². The van der Waals surface area contributed by atoms with Gasteiger partial charge in [-0.15, -0.1) is 0 Å². The van der Waals surface area contributed by atoms with Crippen LogP contribution in [0.4, 0.5) is 19.0 Å². The predicted octanol–water partition coefficient (Wildman–Crippen LogP) is 2.19. The highest BCUT2D eigenvalue weighted by Crippen LogP contribution is 2.23. The van der Waals surface area contributed by atoms with Crippen molar-refractivity contribution in [2.45, 2.75) is 26.6 Å². The quantitative estimate of drug-likeness (QED) is 0.773. The van der Waals surface area contributed by atoms with Crippen molar-refractivity contribution in [1.82, 2.24) is 10.3 Å². The Morgan fingerprint density at radius 1 is 1.38 bits per heavy atom. The summed E-state index contributed by atoms with van der Waals surface area (Å²) in [5, 5.41) is 12.2. The third kappa shape index (κ3) is 6.77. The van der Waals surface area contributed by atoms with Gasteiger partial charge in [-0.3, -0.25) is 0 Å². The summed E-state index contributed by atoms with van der Waals surface area (Å²) in [6, 6.07) is 3.44. The van der Waals surface area contributed by atoms with Gasteiger partial charge in [0.05, 0.1) is 6.61 Å². The van der Waals surface area contributed by atoms with Gasteiger partial charge in [0.25, 0.3) is 0 Å². The molecule has 21 heavy (non-hydrogen) atoms. The van der Waals surface area contributed by atoms with Crippen LogP contribution in [0.3, 0.4) is 0 Å². The maximum absolute atomic E-state index is 12.6. The van der Waals surface area contributed by atoms with Gasteiger partial charge in [-0.25, -0.2) is 4.98 Å². The van der Waals surface area contributed by atoms with Crippen LogP contribution in [0.15, 0.2) is 18.3 Å². The molecule has 4 nitrogen and oxygen atoms in total. The van der Waals surface area contributed by atoms with Crippen molar-refractivity contribution in [2.24, 2.45) is 5.92 Å². The van der Waals surface area contributed by atoms with Gasteiger partial charge in [-0.1, -0.05) is 19.9 Å². The zero-order valence-corrected chi connectivity index (χ0v) is 12.3. The first kappa shape index (κ1) is 17.7. The molecule has 0 spiro atoms. The number of aliphatic hydroxyl groups excluding tert-OH is 1. The van der Waals surface area contributed by atoms with Gasteiger partial charge in [0.1, 0.15) is 12.4 Å². The number of pyridine rings is 1. The lowest BCUT2D eigenvalue weighted by Crippen LogP contribution is -2.37. The number of nitrogens with one attached hydrogen (secondary N) is 1. The Morgan fingerprint density at radius 3 is 2.67 bits per heavy atom. The summed E-state index contributed by atoms with van der Waals surface area (Å²) in [5.41, 5.74) is 0.691. The predicted molar refractivity (Wildman–Crippen MR) is 76.1 cm³/mol. The van der Waals surface area contributed by atoms with Crippen molar-refractivity contribution < 1.29 is 18.3 Å². The van der Waals surface area contributed by atoms with Crippen LogP contribution in [0.2, 0.25) is 0 Å². The van der Waals surface area contributed by atoms with Crippen molar-refractivity contribution in [3.63, 3.8) is 0 Å². The molecule has 0 saturated heterocycles. The molecule has 0 aliphatic heterocycles.